The second-order valence-electron chi connectivity index (χ2n) is 5.00. The van der Waals surface area contributed by atoms with Crippen LogP contribution in [0.25, 0.3) is 0 Å². The largest absolute Gasteiger partial charge is 0.328 e. The van der Waals surface area contributed by atoms with E-state index in [1.165, 1.54) is 17.1 Å². The van der Waals surface area contributed by atoms with Gasteiger partial charge in [-0.1, -0.05) is 0 Å². The number of ketones is 1. The fourth-order valence-electron chi connectivity index (χ4n) is 2.58. The van der Waals surface area contributed by atoms with Gasteiger partial charge in [0.15, 0.2) is 0 Å². The molecule has 1 heterocycles. The minimum Gasteiger partial charge on any atom is -0.328 e. The first-order valence-corrected chi connectivity index (χ1v) is 6.40. The summed E-state index contributed by atoms with van der Waals surface area (Å²) in [7, 11) is 0. The van der Waals surface area contributed by atoms with E-state index in [2.05, 4.69) is 0 Å². The third-order valence-corrected chi connectivity index (χ3v) is 3.63. The number of hydrogen-bond donors (Lipinski definition) is 1. The number of Topliss-reactive ketones (excluding diaryl/α,β-unsaturated/α-hetero) is 1. The molecule has 0 aromatic heterocycles. The molecule has 1 saturated carbocycles. The summed E-state index contributed by atoms with van der Waals surface area (Å²) in [4.78, 5) is 35.6. The van der Waals surface area contributed by atoms with E-state index in [-0.39, 0.29) is 29.6 Å². The molecule has 0 saturated heterocycles. The number of rotatable bonds is 5. The first-order valence-electron chi connectivity index (χ1n) is 6.40. The summed E-state index contributed by atoms with van der Waals surface area (Å²) in [6, 6.07) is 0.157. The van der Waals surface area contributed by atoms with Crippen molar-refractivity contribution in [3.05, 3.63) is 12.2 Å². The smallest absolute Gasteiger partial charge is 0.253 e. The summed E-state index contributed by atoms with van der Waals surface area (Å²) in [5.74, 6) is -0.260. The number of carbonyl (C=O) groups excluding carboxylic acids is 3. The van der Waals surface area contributed by atoms with E-state index in [1.807, 2.05) is 0 Å². The average molecular weight is 250 g/mol. The van der Waals surface area contributed by atoms with Gasteiger partial charge in [0.1, 0.15) is 5.78 Å². The zero-order chi connectivity index (χ0) is 13.1. The van der Waals surface area contributed by atoms with E-state index in [4.69, 9.17) is 5.73 Å². The Morgan fingerprint density at radius 3 is 2.50 bits per heavy atom. The molecule has 1 fully saturated rings. The number of amides is 2. The molecule has 2 atom stereocenters. The Morgan fingerprint density at radius 1 is 1.28 bits per heavy atom. The Hall–Kier alpha value is -1.49. The molecule has 0 aromatic rings. The number of nitrogens with two attached hydrogens (primary N) is 1. The predicted octanol–water partition coefficient (Wildman–Crippen LogP) is 0.388. The van der Waals surface area contributed by atoms with Crippen LogP contribution in [0.5, 0.6) is 0 Å². The molecule has 18 heavy (non-hydrogen) atoms. The molecule has 1 aliphatic heterocycles. The minimum absolute atomic E-state index is 0.0862. The lowest BCUT2D eigenvalue weighted by Gasteiger charge is -2.14. The number of carbonyl (C=O) groups is 3. The van der Waals surface area contributed by atoms with Gasteiger partial charge >= 0.3 is 0 Å². The van der Waals surface area contributed by atoms with E-state index in [0.717, 1.165) is 19.3 Å². The van der Waals surface area contributed by atoms with Gasteiger partial charge in [-0.05, 0) is 25.7 Å². The van der Waals surface area contributed by atoms with Gasteiger partial charge in [-0.2, -0.15) is 0 Å². The molecule has 5 nitrogen and oxygen atoms in total. The molecule has 2 N–H and O–H groups in total. The Balaban J connectivity index is 1.71. The average Bonchev–Trinajstić information content (AvgIpc) is 2.89. The maximum absolute atomic E-state index is 11.9. The summed E-state index contributed by atoms with van der Waals surface area (Å²) in [6.45, 7) is 0.329. The molecule has 0 radical (unpaired) electrons. The van der Waals surface area contributed by atoms with Crippen molar-refractivity contribution in [2.24, 2.45) is 11.7 Å². The van der Waals surface area contributed by atoms with E-state index < -0.39 is 0 Å². The van der Waals surface area contributed by atoms with Crippen molar-refractivity contribution < 1.29 is 14.4 Å². The van der Waals surface area contributed by atoms with Crippen LogP contribution in [-0.2, 0) is 14.4 Å². The zero-order valence-corrected chi connectivity index (χ0v) is 10.3. The van der Waals surface area contributed by atoms with E-state index in [1.54, 1.807) is 0 Å². The Morgan fingerprint density at radius 2 is 1.94 bits per heavy atom. The van der Waals surface area contributed by atoms with Crippen LogP contribution >= 0.6 is 0 Å². The van der Waals surface area contributed by atoms with Crippen molar-refractivity contribution in [1.82, 2.24) is 4.90 Å². The molecule has 0 spiro atoms. The van der Waals surface area contributed by atoms with Crippen LogP contribution in [0.15, 0.2) is 12.2 Å². The molecule has 2 rings (SSSR count). The van der Waals surface area contributed by atoms with Crippen LogP contribution in [0.2, 0.25) is 0 Å². The third-order valence-electron chi connectivity index (χ3n) is 3.63. The molecule has 2 aliphatic rings. The zero-order valence-electron chi connectivity index (χ0n) is 10.3. The molecular weight excluding hydrogens is 232 g/mol. The third kappa shape index (κ3) is 2.85. The van der Waals surface area contributed by atoms with Crippen molar-refractivity contribution in [3.63, 3.8) is 0 Å². The van der Waals surface area contributed by atoms with Crippen molar-refractivity contribution in [3.8, 4) is 0 Å². The normalized spacial score (nSPS) is 27.3. The molecular formula is C13H18N2O3. The lowest BCUT2D eigenvalue weighted by atomic mass is 9.98. The van der Waals surface area contributed by atoms with Gasteiger partial charge in [0.25, 0.3) is 11.8 Å². The number of imide groups is 1. The molecule has 2 amide bonds. The fourth-order valence-corrected chi connectivity index (χ4v) is 2.58. The summed E-state index contributed by atoms with van der Waals surface area (Å²) in [6.07, 6.45) is 6.08. The number of nitrogens with zero attached hydrogens (tertiary/aromatic N) is 1. The minimum atomic E-state index is -0.282. The molecule has 98 valence electrons. The van der Waals surface area contributed by atoms with Crippen LogP contribution in [0.1, 0.15) is 32.1 Å². The Labute approximate surface area is 106 Å². The summed E-state index contributed by atoms with van der Waals surface area (Å²) in [5, 5.41) is 0. The van der Waals surface area contributed by atoms with Gasteiger partial charge < -0.3 is 5.73 Å². The maximum atomic E-state index is 11.9. The first kappa shape index (κ1) is 13.0. The lowest BCUT2D eigenvalue weighted by Crippen LogP contribution is -2.31. The summed E-state index contributed by atoms with van der Waals surface area (Å²) in [5.41, 5.74) is 5.77. The van der Waals surface area contributed by atoms with E-state index in [0.29, 0.717) is 19.4 Å². The molecule has 0 bridgehead atoms. The van der Waals surface area contributed by atoms with Gasteiger partial charge in [-0.15, -0.1) is 0 Å². The van der Waals surface area contributed by atoms with Crippen LogP contribution in [-0.4, -0.2) is 35.1 Å². The summed E-state index contributed by atoms with van der Waals surface area (Å²) >= 11 is 0. The van der Waals surface area contributed by atoms with Gasteiger partial charge in [-0.3, -0.25) is 19.3 Å². The van der Waals surface area contributed by atoms with Gasteiger partial charge in [-0.25, -0.2) is 0 Å². The van der Waals surface area contributed by atoms with Gasteiger partial charge in [0.05, 0.1) is 0 Å². The highest BCUT2D eigenvalue weighted by atomic mass is 16.2. The highest BCUT2D eigenvalue weighted by Crippen LogP contribution is 2.26. The predicted molar refractivity (Wildman–Crippen MR) is 65.4 cm³/mol. The van der Waals surface area contributed by atoms with Crippen LogP contribution in [0.4, 0.5) is 0 Å². The van der Waals surface area contributed by atoms with E-state index >= 15 is 0 Å². The standard InChI is InChI=1S/C13H18N2O3/c14-10-4-3-9(8-10)11(16)2-1-7-15-12(17)5-6-13(15)18/h5-6,9-10H,1-4,7-8,14H2/t9-,10-/m1/s1. The van der Waals surface area contributed by atoms with Crippen LogP contribution < -0.4 is 5.73 Å². The van der Waals surface area contributed by atoms with Gasteiger partial charge in [0.2, 0.25) is 0 Å². The highest BCUT2D eigenvalue weighted by Gasteiger charge is 2.28. The highest BCUT2D eigenvalue weighted by molar-refractivity contribution is 6.12. The van der Waals surface area contributed by atoms with E-state index in [9.17, 15) is 14.4 Å². The molecule has 5 heteroatoms. The van der Waals surface area contributed by atoms with Crippen molar-refractivity contribution in [2.75, 3.05) is 6.54 Å². The van der Waals surface area contributed by atoms with Crippen molar-refractivity contribution >= 4 is 17.6 Å². The van der Waals surface area contributed by atoms with Gasteiger partial charge in [0, 0.05) is 37.1 Å². The Bertz CT molecular complexity index is 385. The van der Waals surface area contributed by atoms with Crippen LogP contribution in [0, 0.1) is 5.92 Å². The van der Waals surface area contributed by atoms with Crippen LogP contribution in [0.3, 0.4) is 0 Å². The lowest BCUT2D eigenvalue weighted by molar-refractivity contribution is -0.137. The fraction of sp³-hybridized carbons (Fsp3) is 0.615. The molecule has 0 aromatic carbocycles. The maximum Gasteiger partial charge on any atom is 0.253 e. The molecule has 1 aliphatic carbocycles. The topological polar surface area (TPSA) is 80.5 Å². The SMILES string of the molecule is N[C@@H]1CC[C@@H](C(=O)CCCN2C(=O)C=CC2=O)C1. The number of hydrogen-bond acceptors (Lipinski definition) is 4. The summed E-state index contributed by atoms with van der Waals surface area (Å²) < 4.78 is 0. The molecule has 0 unspecified atom stereocenters. The quantitative estimate of drug-likeness (QED) is 0.716. The first-order chi connectivity index (χ1) is 8.58. The second kappa shape index (κ2) is 5.44. The monoisotopic (exact) mass is 250 g/mol. The second-order valence-corrected chi connectivity index (χ2v) is 5.00. The Kier molecular flexibility index (Phi) is 3.91. The van der Waals surface area contributed by atoms with Crippen molar-refractivity contribution in [2.45, 2.75) is 38.1 Å². The van der Waals surface area contributed by atoms with Crippen molar-refractivity contribution in [1.29, 1.82) is 0 Å².